The third-order valence-corrected chi connectivity index (χ3v) is 4.37. The summed E-state index contributed by atoms with van der Waals surface area (Å²) in [6.07, 6.45) is 0.781. The van der Waals surface area contributed by atoms with Gasteiger partial charge >= 0.3 is 0 Å². The lowest BCUT2D eigenvalue weighted by Gasteiger charge is -2.32. The standard InChI is InChI=1S/C19H22N2O2/c1-21-12-17(10-16-7-2-3-8-18(16)21)19(23)20-11-14-5-4-6-15(9-14)13-22/h2-9,17,22H,10-13H2,1H3,(H,20,23). The number of anilines is 1. The minimum atomic E-state index is -0.0316. The van der Waals surface area contributed by atoms with E-state index in [-0.39, 0.29) is 18.4 Å². The molecule has 4 heteroatoms. The summed E-state index contributed by atoms with van der Waals surface area (Å²) in [4.78, 5) is 14.6. The van der Waals surface area contributed by atoms with Crippen LogP contribution in [0.5, 0.6) is 0 Å². The van der Waals surface area contributed by atoms with Crippen molar-refractivity contribution in [2.75, 3.05) is 18.5 Å². The third kappa shape index (κ3) is 3.54. The summed E-state index contributed by atoms with van der Waals surface area (Å²) in [5, 5.41) is 12.2. The zero-order chi connectivity index (χ0) is 16.2. The van der Waals surface area contributed by atoms with E-state index in [1.165, 1.54) is 11.3 Å². The van der Waals surface area contributed by atoms with Gasteiger partial charge in [-0.15, -0.1) is 0 Å². The van der Waals surface area contributed by atoms with E-state index in [0.717, 1.165) is 24.1 Å². The predicted molar refractivity (Wildman–Crippen MR) is 91.1 cm³/mol. The molecule has 0 aliphatic carbocycles. The summed E-state index contributed by atoms with van der Waals surface area (Å²) in [5.74, 6) is 0.0525. The van der Waals surface area contributed by atoms with Gasteiger partial charge in [-0.2, -0.15) is 0 Å². The van der Waals surface area contributed by atoms with Crippen LogP contribution < -0.4 is 10.2 Å². The van der Waals surface area contributed by atoms with Gasteiger partial charge in [0.15, 0.2) is 0 Å². The van der Waals surface area contributed by atoms with E-state index in [4.69, 9.17) is 0 Å². The molecule has 1 atom stereocenters. The maximum atomic E-state index is 12.5. The van der Waals surface area contributed by atoms with Crippen molar-refractivity contribution in [3.63, 3.8) is 0 Å². The van der Waals surface area contributed by atoms with Gasteiger partial charge < -0.3 is 15.3 Å². The van der Waals surface area contributed by atoms with Crippen LogP contribution in [0.1, 0.15) is 16.7 Å². The summed E-state index contributed by atoms with van der Waals surface area (Å²) >= 11 is 0. The second kappa shape index (κ2) is 6.84. The van der Waals surface area contributed by atoms with Crippen LogP contribution in [0, 0.1) is 5.92 Å². The van der Waals surface area contributed by atoms with E-state index in [0.29, 0.717) is 6.54 Å². The number of nitrogens with one attached hydrogen (secondary N) is 1. The SMILES string of the molecule is CN1CC(C(=O)NCc2cccc(CO)c2)Cc2ccccc21. The molecule has 1 amide bonds. The monoisotopic (exact) mass is 310 g/mol. The van der Waals surface area contributed by atoms with Crippen LogP contribution in [0.15, 0.2) is 48.5 Å². The molecular formula is C19H22N2O2. The lowest BCUT2D eigenvalue weighted by molar-refractivity contribution is -0.125. The van der Waals surface area contributed by atoms with Crippen molar-refractivity contribution >= 4 is 11.6 Å². The molecule has 1 heterocycles. The summed E-state index contributed by atoms with van der Waals surface area (Å²) in [7, 11) is 2.03. The van der Waals surface area contributed by atoms with Gasteiger partial charge in [0, 0.05) is 25.8 Å². The number of hydrogen-bond acceptors (Lipinski definition) is 3. The maximum Gasteiger partial charge on any atom is 0.225 e. The van der Waals surface area contributed by atoms with Crippen molar-refractivity contribution in [1.82, 2.24) is 5.32 Å². The highest BCUT2D eigenvalue weighted by Crippen LogP contribution is 2.28. The number of aliphatic hydroxyl groups excluding tert-OH is 1. The Balaban J connectivity index is 1.63. The molecule has 4 nitrogen and oxygen atoms in total. The smallest absolute Gasteiger partial charge is 0.225 e. The van der Waals surface area contributed by atoms with E-state index >= 15 is 0 Å². The molecule has 0 spiro atoms. The Morgan fingerprint density at radius 2 is 2.00 bits per heavy atom. The summed E-state index contributed by atoms with van der Waals surface area (Å²) in [6, 6.07) is 15.9. The molecule has 1 aliphatic rings. The van der Waals surface area contributed by atoms with Gasteiger partial charge in [-0.05, 0) is 29.2 Å². The van der Waals surface area contributed by atoms with Crippen LogP contribution in [0.25, 0.3) is 0 Å². The average molecular weight is 310 g/mol. The van der Waals surface area contributed by atoms with Crippen LogP contribution in [-0.4, -0.2) is 24.6 Å². The number of hydrogen-bond donors (Lipinski definition) is 2. The van der Waals surface area contributed by atoms with Crippen LogP contribution in [0.2, 0.25) is 0 Å². The van der Waals surface area contributed by atoms with E-state index < -0.39 is 0 Å². The number of para-hydroxylation sites is 1. The van der Waals surface area contributed by atoms with Gasteiger partial charge in [0.25, 0.3) is 0 Å². The van der Waals surface area contributed by atoms with E-state index in [9.17, 15) is 9.90 Å². The van der Waals surface area contributed by atoms with Gasteiger partial charge in [0.2, 0.25) is 5.91 Å². The van der Waals surface area contributed by atoms with E-state index in [1.807, 2.05) is 43.4 Å². The van der Waals surface area contributed by atoms with Gasteiger partial charge in [-0.1, -0.05) is 42.5 Å². The fourth-order valence-electron chi connectivity index (χ4n) is 3.16. The molecule has 2 aromatic carbocycles. The Morgan fingerprint density at radius 3 is 2.83 bits per heavy atom. The molecule has 0 bridgehead atoms. The first kappa shape index (κ1) is 15.6. The number of rotatable bonds is 4. The van der Waals surface area contributed by atoms with Crippen molar-refractivity contribution in [2.24, 2.45) is 5.92 Å². The molecule has 120 valence electrons. The van der Waals surface area contributed by atoms with Crippen LogP contribution in [-0.2, 0) is 24.4 Å². The minimum Gasteiger partial charge on any atom is -0.392 e. The molecule has 2 aromatic rings. The second-order valence-electron chi connectivity index (χ2n) is 6.11. The maximum absolute atomic E-state index is 12.5. The fourth-order valence-corrected chi connectivity index (χ4v) is 3.16. The van der Waals surface area contributed by atoms with Gasteiger partial charge in [0.05, 0.1) is 12.5 Å². The third-order valence-electron chi connectivity index (χ3n) is 4.37. The number of nitrogens with zero attached hydrogens (tertiary/aromatic N) is 1. The molecule has 0 saturated carbocycles. The highest BCUT2D eigenvalue weighted by molar-refractivity contribution is 5.81. The molecule has 2 N–H and O–H groups in total. The van der Waals surface area contributed by atoms with Crippen molar-refractivity contribution in [3.8, 4) is 0 Å². The Morgan fingerprint density at radius 1 is 1.22 bits per heavy atom. The largest absolute Gasteiger partial charge is 0.392 e. The number of carbonyl (C=O) groups excluding carboxylic acids is 1. The molecular weight excluding hydrogens is 288 g/mol. The summed E-state index contributed by atoms with van der Waals surface area (Å²) in [6.45, 7) is 1.25. The van der Waals surface area contributed by atoms with Gasteiger partial charge in [-0.3, -0.25) is 4.79 Å². The molecule has 0 aromatic heterocycles. The van der Waals surface area contributed by atoms with Crippen LogP contribution in [0.3, 0.4) is 0 Å². The Kier molecular flexibility index (Phi) is 4.63. The normalized spacial score (nSPS) is 16.8. The van der Waals surface area contributed by atoms with Crippen molar-refractivity contribution < 1.29 is 9.90 Å². The van der Waals surface area contributed by atoms with E-state index in [1.54, 1.807) is 0 Å². The molecule has 0 saturated heterocycles. The van der Waals surface area contributed by atoms with Gasteiger partial charge in [0.1, 0.15) is 0 Å². The minimum absolute atomic E-state index is 0.0198. The van der Waals surface area contributed by atoms with Crippen molar-refractivity contribution in [1.29, 1.82) is 0 Å². The Bertz CT molecular complexity index is 699. The number of aliphatic hydroxyl groups is 1. The highest BCUT2D eigenvalue weighted by atomic mass is 16.3. The molecule has 0 fully saturated rings. The topological polar surface area (TPSA) is 52.6 Å². The predicted octanol–water partition coefficient (Wildman–Crippen LogP) is 2.10. The fraction of sp³-hybridized carbons (Fsp3) is 0.316. The number of benzene rings is 2. The van der Waals surface area contributed by atoms with Crippen LogP contribution in [0.4, 0.5) is 5.69 Å². The average Bonchev–Trinajstić information content (AvgIpc) is 2.60. The Hall–Kier alpha value is -2.33. The van der Waals surface area contributed by atoms with Crippen molar-refractivity contribution in [3.05, 3.63) is 65.2 Å². The Labute approximate surface area is 136 Å². The summed E-state index contributed by atoms with van der Waals surface area (Å²) < 4.78 is 0. The number of fused-ring (bicyclic) bond motifs is 1. The first-order chi connectivity index (χ1) is 11.2. The molecule has 0 radical (unpaired) electrons. The molecule has 3 rings (SSSR count). The second-order valence-corrected chi connectivity index (χ2v) is 6.11. The zero-order valence-electron chi connectivity index (χ0n) is 13.3. The first-order valence-electron chi connectivity index (χ1n) is 7.93. The van der Waals surface area contributed by atoms with Crippen molar-refractivity contribution in [2.45, 2.75) is 19.6 Å². The molecule has 23 heavy (non-hydrogen) atoms. The summed E-state index contributed by atoms with van der Waals surface area (Å²) in [5.41, 5.74) is 4.31. The molecule has 1 aliphatic heterocycles. The lowest BCUT2D eigenvalue weighted by atomic mass is 9.92. The molecule has 1 unspecified atom stereocenters. The quantitative estimate of drug-likeness (QED) is 0.909. The lowest BCUT2D eigenvalue weighted by Crippen LogP contribution is -2.41. The van der Waals surface area contributed by atoms with Gasteiger partial charge in [-0.25, -0.2) is 0 Å². The zero-order valence-corrected chi connectivity index (χ0v) is 13.3. The number of amides is 1. The first-order valence-corrected chi connectivity index (χ1v) is 7.93. The number of carbonyl (C=O) groups is 1. The highest BCUT2D eigenvalue weighted by Gasteiger charge is 2.27. The van der Waals surface area contributed by atoms with Crippen LogP contribution >= 0.6 is 0 Å². The van der Waals surface area contributed by atoms with E-state index in [2.05, 4.69) is 22.3 Å².